The van der Waals surface area contributed by atoms with Crippen LogP contribution in [-0.2, 0) is 15.1 Å². The molecule has 1 heterocycles. The molecule has 0 radical (unpaired) electrons. The first-order chi connectivity index (χ1) is 13.3. The molecule has 0 bridgehead atoms. The van der Waals surface area contributed by atoms with Crippen molar-refractivity contribution < 1.29 is 23.1 Å². The number of amides is 2. The summed E-state index contributed by atoms with van der Waals surface area (Å²) in [6.45, 7) is 2.14. The average molecular weight is 388 g/mol. The standard InChI is InChI=1S/C21H22F2N2O3/c1-14(15-3-2-4-18(23)13-15)25-12-11-21(28-20(25)27,10-9-19(24)26)16-5-7-17(22)8-6-16/h2-8,13-14H,9-12H2,1H3,(H2,24,26). The number of rotatable bonds is 6. The van der Waals surface area contributed by atoms with Crippen molar-refractivity contribution in [2.75, 3.05) is 6.54 Å². The fourth-order valence-electron chi connectivity index (χ4n) is 3.57. The zero-order valence-electron chi connectivity index (χ0n) is 15.5. The summed E-state index contributed by atoms with van der Waals surface area (Å²) in [5.74, 6) is -1.29. The maximum absolute atomic E-state index is 13.5. The lowest BCUT2D eigenvalue weighted by atomic mass is 9.84. The summed E-state index contributed by atoms with van der Waals surface area (Å²) >= 11 is 0. The lowest BCUT2D eigenvalue weighted by molar-refractivity contribution is -0.121. The Kier molecular flexibility index (Phi) is 5.63. The third kappa shape index (κ3) is 4.13. The van der Waals surface area contributed by atoms with Gasteiger partial charge in [-0.1, -0.05) is 24.3 Å². The summed E-state index contributed by atoms with van der Waals surface area (Å²) in [6.07, 6.45) is 0.0698. The lowest BCUT2D eigenvalue weighted by Gasteiger charge is -2.43. The second-order valence-corrected chi connectivity index (χ2v) is 7.01. The van der Waals surface area contributed by atoms with Gasteiger partial charge in [-0.05, 0) is 42.3 Å². The summed E-state index contributed by atoms with van der Waals surface area (Å²) < 4.78 is 32.7. The first-order valence-electron chi connectivity index (χ1n) is 9.10. The van der Waals surface area contributed by atoms with Crippen molar-refractivity contribution >= 4 is 12.0 Å². The second kappa shape index (κ2) is 7.96. The van der Waals surface area contributed by atoms with Gasteiger partial charge in [0.15, 0.2) is 0 Å². The van der Waals surface area contributed by atoms with Gasteiger partial charge in [-0.25, -0.2) is 13.6 Å². The molecule has 1 aliphatic heterocycles. The van der Waals surface area contributed by atoms with E-state index in [0.717, 1.165) is 0 Å². The molecule has 1 fully saturated rings. The third-order valence-electron chi connectivity index (χ3n) is 5.22. The summed E-state index contributed by atoms with van der Waals surface area (Å²) in [6, 6.07) is 11.4. The Bertz CT molecular complexity index is 872. The van der Waals surface area contributed by atoms with E-state index in [0.29, 0.717) is 24.1 Å². The topological polar surface area (TPSA) is 72.6 Å². The van der Waals surface area contributed by atoms with Crippen molar-refractivity contribution in [1.82, 2.24) is 4.90 Å². The largest absolute Gasteiger partial charge is 0.438 e. The molecular weight excluding hydrogens is 366 g/mol. The molecule has 148 valence electrons. The van der Waals surface area contributed by atoms with Crippen LogP contribution < -0.4 is 5.73 Å². The minimum Gasteiger partial charge on any atom is -0.438 e. The summed E-state index contributed by atoms with van der Waals surface area (Å²) in [4.78, 5) is 25.6. The molecule has 2 N–H and O–H groups in total. The summed E-state index contributed by atoms with van der Waals surface area (Å²) in [5, 5.41) is 0. The van der Waals surface area contributed by atoms with Crippen LogP contribution in [0.25, 0.3) is 0 Å². The molecule has 0 spiro atoms. The van der Waals surface area contributed by atoms with Crippen LogP contribution >= 0.6 is 0 Å². The van der Waals surface area contributed by atoms with Crippen LogP contribution in [-0.4, -0.2) is 23.4 Å². The molecule has 1 aliphatic rings. The molecule has 2 unspecified atom stereocenters. The maximum Gasteiger partial charge on any atom is 0.411 e. The molecule has 0 aromatic heterocycles. The molecule has 5 nitrogen and oxygen atoms in total. The van der Waals surface area contributed by atoms with E-state index < -0.39 is 23.4 Å². The number of carbonyl (C=O) groups is 2. The van der Waals surface area contributed by atoms with Crippen LogP contribution in [0.1, 0.15) is 43.4 Å². The number of nitrogens with two attached hydrogens (primary N) is 1. The Hall–Kier alpha value is -2.96. The number of primary amides is 1. The molecular formula is C21H22F2N2O3. The molecule has 2 aromatic carbocycles. The molecule has 7 heteroatoms. The Labute approximate surface area is 162 Å². The van der Waals surface area contributed by atoms with Crippen LogP contribution in [0.3, 0.4) is 0 Å². The lowest BCUT2D eigenvalue weighted by Crippen LogP contribution is -2.49. The van der Waals surface area contributed by atoms with Crippen molar-refractivity contribution in [3.05, 3.63) is 71.3 Å². The number of nitrogens with zero attached hydrogens (tertiary/aromatic N) is 1. The highest BCUT2D eigenvalue weighted by atomic mass is 19.1. The van der Waals surface area contributed by atoms with Gasteiger partial charge in [0.05, 0.1) is 6.04 Å². The van der Waals surface area contributed by atoms with Gasteiger partial charge in [-0.3, -0.25) is 4.79 Å². The van der Waals surface area contributed by atoms with Crippen molar-refractivity contribution in [2.24, 2.45) is 5.73 Å². The Balaban J connectivity index is 1.84. The quantitative estimate of drug-likeness (QED) is 0.812. The minimum atomic E-state index is -1.06. The molecule has 2 atom stereocenters. The number of ether oxygens (including phenoxy) is 1. The van der Waals surface area contributed by atoms with Crippen LogP contribution in [0.4, 0.5) is 13.6 Å². The SMILES string of the molecule is CC(c1cccc(F)c1)N1CCC(CCC(N)=O)(c2ccc(F)cc2)OC1=O. The Morgan fingerprint density at radius 1 is 1.21 bits per heavy atom. The highest BCUT2D eigenvalue weighted by Gasteiger charge is 2.43. The zero-order chi connectivity index (χ0) is 20.3. The highest BCUT2D eigenvalue weighted by molar-refractivity contribution is 5.74. The van der Waals surface area contributed by atoms with Gasteiger partial charge in [0, 0.05) is 25.8 Å². The van der Waals surface area contributed by atoms with Gasteiger partial charge in [0.1, 0.15) is 17.2 Å². The predicted octanol–water partition coefficient (Wildman–Crippen LogP) is 4.03. The van der Waals surface area contributed by atoms with E-state index >= 15 is 0 Å². The van der Waals surface area contributed by atoms with E-state index in [-0.39, 0.29) is 24.7 Å². The van der Waals surface area contributed by atoms with E-state index in [2.05, 4.69) is 0 Å². The van der Waals surface area contributed by atoms with E-state index in [9.17, 15) is 18.4 Å². The number of carbonyl (C=O) groups excluding carboxylic acids is 2. The molecule has 2 aromatic rings. The number of hydrogen-bond donors (Lipinski definition) is 1. The molecule has 28 heavy (non-hydrogen) atoms. The molecule has 3 rings (SSSR count). The van der Waals surface area contributed by atoms with Crippen LogP contribution in [0.15, 0.2) is 48.5 Å². The predicted molar refractivity (Wildman–Crippen MR) is 99.1 cm³/mol. The fourth-order valence-corrected chi connectivity index (χ4v) is 3.57. The molecule has 1 saturated heterocycles. The van der Waals surface area contributed by atoms with Crippen LogP contribution in [0.2, 0.25) is 0 Å². The third-order valence-corrected chi connectivity index (χ3v) is 5.22. The first kappa shape index (κ1) is 19.8. The van der Waals surface area contributed by atoms with Gasteiger partial charge in [-0.15, -0.1) is 0 Å². The van der Waals surface area contributed by atoms with Gasteiger partial charge < -0.3 is 15.4 Å². The number of hydrogen-bond acceptors (Lipinski definition) is 3. The van der Waals surface area contributed by atoms with Crippen molar-refractivity contribution in [3.8, 4) is 0 Å². The number of cyclic esters (lactones) is 1. The summed E-state index contributed by atoms with van der Waals surface area (Å²) in [7, 11) is 0. The van der Waals surface area contributed by atoms with E-state index in [4.69, 9.17) is 10.5 Å². The second-order valence-electron chi connectivity index (χ2n) is 7.01. The minimum absolute atomic E-state index is 0.0319. The highest BCUT2D eigenvalue weighted by Crippen LogP contribution is 2.40. The van der Waals surface area contributed by atoms with Gasteiger partial charge in [0.2, 0.25) is 5.91 Å². The van der Waals surface area contributed by atoms with Crippen LogP contribution in [0.5, 0.6) is 0 Å². The molecule has 0 aliphatic carbocycles. The van der Waals surface area contributed by atoms with E-state index in [1.165, 1.54) is 29.2 Å². The normalized spacial score (nSPS) is 20.5. The molecule has 0 saturated carbocycles. The van der Waals surface area contributed by atoms with Crippen molar-refractivity contribution in [3.63, 3.8) is 0 Å². The van der Waals surface area contributed by atoms with Gasteiger partial charge in [0.25, 0.3) is 0 Å². The fraction of sp³-hybridized carbons (Fsp3) is 0.333. The number of benzene rings is 2. The van der Waals surface area contributed by atoms with Gasteiger partial charge in [-0.2, -0.15) is 0 Å². The molecule has 2 amide bonds. The average Bonchev–Trinajstić information content (AvgIpc) is 2.66. The smallest absolute Gasteiger partial charge is 0.411 e. The first-order valence-corrected chi connectivity index (χ1v) is 9.10. The van der Waals surface area contributed by atoms with E-state index in [1.54, 1.807) is 31.2 Å². The van der Waals surface area contributed by atoms with Crippen molar-refractivity contribution in [2.45, 2.75) is 37.8 Å². The van der Waals surface area contributed by atoms with Gasteiger partial charge >= 0.3 is 6.09 Å². The monoisotopic (exact) mass is 388 g/mol. The maximum atomic E-state index is 13.5. The number of halogens is 2. The Morgan fingerprint density at radius 2 is 1.93 bits per heavy atom. The van der Waals surface area contributed by atoms with E-state index in [1.807, 2.05) is 0 Å². The Morgan fingerprint density at radius 3 is 2.54 bits per heavy atom. The zero-order valence-corrected chi connectivity index (χ0v) is 15.5. The summed E-state index contributed by atoms with van der Waals surface area (Å²) in [5.41, 5.74) is 5.50. The van der Waals surface area contributed by atoms with Crippen LogP contribution in [0, 0.1) is 11.6 Å². The van der Waals surface area contributed by atoms with Crippen molar-refractivity contribution in [1.29, 1.82) is 0 Å².